The highest BCUT2D eigenvalue weighted by Crippen LogP contribution is 2.21. The predicted molar refractivity (Wildman–Crippen MR) is 77.3 cm³/mol. The second kappa shape index (κ2) is 5.72. The molecule has 0 fully saturated rings. The van der Waals surface area contributed by atoms with Crippen molar-refractivity contribution >= 4 is 22.6 Å². The van der Waals surface area contributed by atoms with Gasteiger partial charge in [0.25, 0.3) is 0 Å². The number of aryl methyl sites for hydroxylation is 2. The molecule has 0 bridgehead atoms. The summed E-state index contributed by atoms with van der Waals surface area (Å²) in [5.41, 5.74) is 2.19. The van der Waals surface area contributed by atoms with Crippen molar-refractivity contribution in [3.8, 4) is 0 Å². The van der Waals surface area contributed by atoms with Gasteiger partial charge in [-0.2, -0.15) is 0 Å². The molecule has 0 amide bonds. The van der Waals surface area contributed by atoms with E-state index in [1.54, 1.807) is 0 Å². The van der Waals surface area contributed by atoms with Crippen LogP contribution in [0.5, 0.6) is 0 Å². The zero-order valence-corrected chi connectivity index (χ0v) is 12.0. The highest BCUT2D eigenvalue weighted by molar-refractivity contribution is 6.31. The van der Waals surface area contributed by atoms with Gasteiger partial charge in [-0.15, -0.1) is 0 Å². The fraction of sp³-hybridized carbons (Fsp3) is 0.500. The van der Waals surface area contributed by atoms with E-state index in [-0.39, 0.29) is 0 Å². The Hall–Kier alpha value is -1.06. The van der Waals surface area contributed by atoms with Gasteiger partial charge in [-0.1, -0.05) is 18.5 Å². The summed E-state index contributed by atoms with van der Waals surface area (Å²) in [6, 6.07) is 5.92. The number of hydrogen-bond acceptors (Lipinski definition) is 2. The monoisotopic (exact) mass is 265 g/mol. The van der Waals surface area contributed by atoms with E-state index in [1.807, 2.05) is 18.2 Å². The fourth-order valence-corrected chi connectivity index (χ4v) is 2.38. The number of hydrogen-bond donors (Lipinski definition) is 0. The van der Waals surface area contributed by atoms with Crippen molar-refractivity contribution in [2.75, 3.05) is 20.6 Å². The summed E-state index contributed by atoms with van der Waals surface area (Å²) >= 11 is 6.08. The highest BCUT2D eigenvalue weighted by atomic mass is 35.5. The van der Waals surface area contributed by atoms with E-state index >= 15 is 0 Å². The van der Waals surface area contributed by atoms with Crippen molar-refractivity contribution in [1.29, 1.82) is 0 Å². The number of imidazole rings is 1. The molecule has 0 saturated carbocycles. The molecule has 3 nitrogen and oxygen atoms in total. The van der Waals surface area contributed by atoms with Crippen molar-refractivity contribution in [2.45, 2.75) is 26.3 Å². The van der Waals surface area contributed by atoms with Gasteiger partial charge in [-0.25, -0.2) is 4.98 Å². The smallest absolute Gasteiger partial charge is 0.109 e. The molecule has 18 heavy (non-hydrogen) atoms. The summed E-state index contributed by atoms with van der Waals surface area (Å²) in [6.45, 7) is 4.23. The van der Waals surface area contributed by atoms with Crippen molar-refractivity contribution in [1.82, 2.24) is 14.5 Å². The SMILES string of the molecule is CCc1nc2ccc(Cl)cc2n1CCCN(C)C. The summed E-state index contributed by atoms with van der Waals surface area (Å²) < 4.78 is 2.30. The zero-order chi connectivity index (χ0) is 13.1. The molecule has 98 valence electrons. The molecule has 2 rings (SSSR count). The topological polar surface area (TPSA) is 21.1 Å². The molecule has 0 unspecified atom stereocenters. The minimum atomic E-state index is 0.777. The Labute approximate surface area is 113 Å². The molecule has 0 aliphatic heterocycles. The lowest BCUT2D eigenvalue weighted by atomic mass is 10.3. The van der Waals surface area contributed by atoms with E-state index in [9.17, 15) is 0 Å². The molecule has 0 radical (unpaired) electrons. The first kappa shape index (κ1) is 13.4. The van der Waals surface area contributed by atoms with Crippen molar-refractivity contribution in [3.05, 3.63) is 29.0 Å². The highest BCUT2D eigenvalue weighted by Gasteiger charge is 2.09. The van der Waals surface area contributed by atoms with Crippen LogP contribution < -0.4 is 0 Å². The van der Waals surface area contributed by atoms with Gasteiger partial charge in [0, 0.05) is 18.0 Å². The fourth-order valence-electron chi connectivity index (χ4n) is 2.21. The average molecular weight is 266 g/mol. The molecule has 0 N–H and O–H groups in total. The van der Waals surface area contributed by atoms with Crippen LogP contribution in [0.1, 0.15) is 19.2 Å². The van der Waals surface area contributed by atoms with Gasteiger partial charge in [0.05, 0.1) is 11.0 Å². The maximum Gasteiger partial charge on any atom is 0.109 e. The Morgan fingerprint density at radius 3 is 2.78 bits per heavy atom. The quantitative estimate of drug-likeness (QED) is 0.828. The summed E-state index contributed by atoms with van der Waals surface area (Å²) in [5, 5.41) is 0.777. The van der Waals surface area contributed by atoms with Crippen LogP contribution in [0.15, 0.2) is 18.2 Å². The van der Waals surface area contributed by atoms with Crippen molar-refractivity contribution in [2.24, 2.45) is 0 Å². The molecule has 0 aliphatic carbocycles. The van der Waals surface area contributed by atoms with Gasteiger partial charge in [-0.05, 0) is 45.3 Å². The summed E-state index contributed by atoms with van der Waals surface area (Å²) in [4.78, 5) is 6.87. The first-order valence-electron chi connectivity index (χ1n) is 6.41. The van der Waals surface area contributed by atoms with Crippen molar-refractivity contribution < 1.29 is 0 Å². The Kier molecular flexibility index (Phi) is 4.25. The predicted octanol–water partition coefficient (Wildman–Crippen LogP) is 3.20. The summed E-state index contributed by atoms with van der Waals surface area (Å²) in [6.07, 6.45) is 2.08. The van der Waals surface area contributed by atoms with Crippen LogP contribution in [-0.4, -0.2) is 35.1 Å². The van der Waals surface area contributed by atoms with Crippen LogP contribution in [0.4, 0.5) is 0 Å². The van der Waals surface area contributed by atoms with E-state index in [4.69, 9.17) is 11.6 Å². The van der Waals surface area contributed by atoms with E-state index in [0.29, 0.717) is 0 Å². The second-order valence-electron chi connectivity index (χ2n) is 4.82. The number of rotatable bonds is 5. The Morgan fingerprint density at radius 2 is 2.11 bits per heavy atom. The van der Waals surface area contributed by atoms with Gasteiger partial charge in [0.15, 0.2) is 0 Å². The molecule has 1 aromatic heterocycles. The van der Waals surface area contributed by atoms with Crippen LogP contribution in [0.25, 0.3) is 11.0 Å². The largest absolute Gasteiger partial charge is 0.328 e. The lowest BCUT2D eigenvalue weighted by molar-refractivity contribution is 0.386. The maximum atomic E-state index is 6.08. The van der Waals surface area contributed by atoms with Gasteiger partial charge in [0.1, 0.15) is 5.82 Å². The van der Waals surface area contributed by atoms with Gasteiger partial charge in [0.2, 0.25) is 0 Å². The Balaban J connectivity index is 2.30. The molecule has 0 atom stereocenters. The molecule has 2 aromatic rings. The van der Waals surface area contributed by atoms with Crippen LogP contribution in [-0.2, 0) is 13.0 Å². The second-order valence-corrected chi connectivity index (χ2v) is 5.26. The van der Waals surface area contributed by atoms with Crippen LogP contribution >= 0.6 is 11.6 Å². The van der Waals surface area contributed by atoms with E-state index in [2.05, 4.69) is 35.5 Å². The molecular formula is C14H20ClN3. The first-order chi connectivity index (χ1) is 8.61. The standard InChI is InChI=1S/C14H20ClN3/c1-4-14-16-12-7-6-11(15)10-13(12)18(14)9-5-8-17(2)3/h6-7,10H,4-5,8-9H2,1-3H3. The third kappa shape index (κ3) is 2.85. The summed E-state index contributed by atoms with van der Waals surface area (Å²) in [7, 11) is 4.20. The molecule has 1 aromatic carbocycles. The molecule has 1 heterocycles. The van der Waals surface area contributed by atoms with Gasteiger partial charge < -0.3 is 9.47 Å². The minimum absolute atomic E-state index is 0.777. The first-order valence-corrected chi connectivity index (χ1v) is 6.79. The normalized spacial score (nSPS) is 11.6. The van der Waals surface area contributed by atoms with Crippen LogP contribution in [0, 0.1) is 0 Å². The molecule has 0 spiro atoms. The molecule has 0 aliphatic rings. The van der Waals surface area contributed by atoms with E-state index in [1.165, 1.54) is 0 Å². The van der Waals surface area contributed by atoms with Gasteiger partial charge in [-0.3, -0.25) is 0 Å². The number of nitrogens with zero attached hydrogens (tertiary/aromatic N) is 3. The maximum absolute atomic E-state index is 6.08. The molecular weight excluding hydrogens is 246 g/mol. The van der Waals surface area contributed by atoms with Crippen LogP contribution in [0.2, 0.25) is 5.02 Å². The lowest BCUT2D eigenvalue weighted by Crippen LogP contribution is -2.15. The van der Waals surface area contributed by atoms with Crippen LogP contribution in [0.3, 0.4) is 0 Å². The minimum Gasteiger partial charge on any atom is -0.328 e. The lowest BCUT2D eigenvalue weighted by Gasteiger charge is -2.12. The van der Waals surface area contributed by atoms with E-state index < -0.39 is 0 Å². The zero-order valence-electron chi connectivity index (χ0n) is 11.3. The van der Waals surface area contributed by atoms with Gasteiger partial charge >= 0.3 is 0 Å². The summed E-state index contributed by atoms with van der Waals surface area (Å²) in [5.74, 6) is 1.14. The Bertz CT molecular complexity index is 531. The number of halogens is 1. The van der Waals surface area contributed by atoms with Crippen molar-refractivity contribution in [3.63, 3.8) is 0 Å². The number of fused-ring (bicyclic) bond motifs is 1. The molecule has 4 heteroatoms. The Morgan fingerprint density at radius 1 is 1.33 bits per heavy atom. The molecule has 0 saturated heterocycles. The van der Waals surface area contributed by atoms with E-state index in [0.717, 1.165) is 47.8 Å². The number of benzene rings is 1. The third-order valence-electron chi connectivity index (χ3n) is 3.09. The average Bonchev–Trinajstić information content (AvgIpc) is 2.66. The number of aromatic nitrogens is 2. The third-order valence-corrected chi connectivity index (χ3v) is 3.33.